The highest BCUT2D eigenvalue weighted by atomic mass is 16.5. The summed E-state index contributed by atoms with van der Waals surface area (Å²) in [6.45, 7) is 8.10. The van der Waals surface area contributed by atoms with Gasteiger partial charge in [0.25, 0.3) is 0 Å². The Morgan fingerprint density at radius 2 is 1.81 bits per heavy atom. The van der Waals surface area contributed by atoms with E-state index in [0.717, 1.165) is 61.0 Å². The molecule has 2 aliphatic heterocycles. The Balaban J connectivity index is 1.55. The number of nitrogens with zero attached hydrogens (tertiary/aromatic N) is 1. The van der Waals surface area contributed by atoms with Gasteiger partial charge in [-0.3, -0.25) is 4.79 Å². The molecule has 2 aromatic carbocycles. The summed E-state index contributed by atoms with van der Waals surface area (Å²) < 4.78 is 11.3. The van der Waals surface area contributed by atoms with Crippen LogP contribution >= 0.6 is 0 Å². The zero-order valence-corrected chi connectivity index (χ0v) is 25.5. The number of nitrogens with one attached hydrogen (secondary N) is 1. The van der Waals surface area contributed by atoms with Crippen LogP contribution in [0.3, 0.4) is 0 Å². The van der Waals surface area contributed by atoms with Gasteiger partial charge in [0.2, 0.25) is 5.91 Å². The van der Waals surface area contributed by atoms with Gasteiger partial charge in [0.05, 0.1) is 26.4 Å². The lowest BCUT2D eigenvalue weighted by Crippen LogP contribution is -2.49. The van der Waals surface area contributed by atoms with E-state index in [4.69, 9.17) is 9.47 Å². The quantitative estimate of drug-likeness (QED) is 0.388. The summed E-state index contributed by atoms with van der Waals surface area (Å²) in [6.07, 6.45) is 7.81. The van der Waals surface area contributed by atoms with E-state index >= 15 is 0 Å². The second kappa shape index (κ2) is 13.0. The van der Waals surface area contributed by atoms with Crippen LogP contribution in [-0.4, -0.2) is 54.3 Å². The third-order valence-electron chi connectivity index (χ3n) is 9.41. The predicted molar refractivity (Wildman–Crippen MR) is 164 cm³/mol. The van der Waals surface area contributed by atoms with Crippen LogP contribution in [0.4, 0.5) is 0 Å². The molecule has 1 saturated heterocycles. The van der Waals surface area contributed by atoms with Gasteiger partial charge >= 0.3 is 5.97 Å². The highest BCUT2D eigenvalue weighted by Crippen LogP contribution is 2.49. The van der Waals surface area contributed by atoms with E-state index in [2.05, 4.69) is 44.3 Å². The fourth-order valence-electron chi connectivity index (χ4n) is 7.42. The van der Waals surface area contributed by atoms with Gasteiger partial charge in [-0.05, 0) is 53.5 Å². The Labute approximate surface area is 250 Å². The van der Waals surface area contributed by atoms with Crippen molar-refractivity contribution in [3.05, 3.63) is 71.3 Å². The second-order valence-corrected chi connectivity index (χ2v) is 13.1. The van der Waals surface area contributed by atoms with Crippen LogP contribution in [0.1, 0.15) is 82.0 Å². The molecule has 226 valence electrons. The van der Waals surface area contributed by atoms with E-state index < -0.39 is 18.1 Å². The summed E-state index contributed by atoms with van der Waals surface area (Å²) in [6, 6.07) is 14.6. The minimum atomic E-state index is -0.935. The normalized spacial score (nSPS) is 25.2. The zero-order valence-electron chi connectivity index (χ0n) is 25.5. The summed E-state index contributed by atoms with van der Waals surface area (Å²) in [5.74, 6) is -0.614. The molecule has 7 heteroatoms. The molecule has 0 bridgehead atoms. The van der Waals surface area contributed by atoms with Gasteiger partial charge in [-0.2, -0.15) is 0 Å². The standard InChI is InChI=1S/C35H46N2O5/c1-35(2,3)29-30(36-22-27-21-26(15-16-28(27)41-4)23-17-19-42-20-18-23)31(24-11-7-5-8-12-24)37(32(29)34(39)40)33(38)25-13-9-6-10-14-25/h5,7-8,11-12,15-17,21,25,29-32,36H,6,9-10,13-14,18-20,22H2,1-4H3,(H,39,40)/t29-,30-,31-,32-/m0/s1. The largest absolute Gasteiger partial charge is 0.496 e. The van der Waals surface area contributed by atoms with E-state index in [1.54, 1.807) is 12.0 Å². The first-order chi connectivity index (χ1) is 20.2. The first kappa shape index (κ1) is 30.3. The van der Waals surface area contributed by atoms with Crippen LogP contribution in [-0.2, 0) is 20.9 Å². The van der Waals surface area contributed by atoms with Crippen molar-refractivity contribution in [2.45, 2.75) is 84.0 Å². The fraction of sp³-hybridized carbons (Fsp3) is 0.543. The fourth-order valence-corrected chi connectivity index (χ4v) is 7.42. The van der Waals surface area contributed by atoms with Gasteiger partial charge in [-0.15, -0.1) is 0 Å². The van der Waals surface area contributed by atoms with Crippen molar-refractivity contribution in [1.29, 1.82) is 0 Å². The molecule has 2 heterocycles. The third-order valence-corrected chi connectivity index (χ3v) is 9.41. The minimum absolute atomic E-state index is 0.0134. The number of carbonyl (C=O) groups excluding carboxylic acids is 1. The molecule has 2 aromatic rings. The van der Waals surface area contributed by atoms with Gasteiger partial charge < -0.3 is 24.8 Å². The van der Waals surface area contributed by atoms with Gasteiger partial charge in [-0.1, -0.05) is 82.5 Å². The highest BCUT2D eigenvalue weighted by molar-refractivity contribution is 5.87. The Kier molecular flexibility index (Phi) is 9.38. The lowest BCUT2D eigenvalue weighted by Gasteiger charge is -2.36. The number of methoxy groups -OCH3 is 1. The maximum absolute atomic E-state index is 14.3. The second-order valence-electron chi connectivity index (χ2n) is 13.1. The van der Waals surface area contributed by atoms with E-state index in [-0.39, 0.29) is 29.2 Å². The van der Waals surface area contributed by atoms with Crippen LogP contribution in [0.2, 0.25) is 0 Å². The number of ether oxygens (including phenoxy) is 2. The van der Waals surface area contributed by atoms with Crippen LogP contribution in [0.15, 0.2) is 54.6 Å². The molecule has 0 radical (unpaired) electrons. The average Bonchev–Trinajstić information content (AvgIpc) is 3.37. The molecular weight excluding hydrogens is 528 g/mol. The molecule has 1 amide bonds. The number of likely N-dealkylation sites (tertiary alicyclic amines) is 1. The number of carboxylic acids is 1. The number of benzene rings is 2. The maximum atomic E-state index is 14.3. The summed E-state index contributed by atoms with van der Waals surface area (Å²) in [5.41, 5.74) is 3.99. The van der Waals surface area contributed by atoms with Crippen LogP contribution in [0.5, 0.6) is 5.75 Å². The Morgan fingerprint density at radius 1 is 1.07 bits per heavy atom. The average molecular weight is 575 g/mol. The topological polar surface area (TPSA) is 88.1 Å². The van der Waals surface area contributed by atoms with E-state index in [1.165, 1.54) is 5.57 Å². The molecule has 0 aromatic heterocycles. The van der Waals surface area contributed by atoms with Gasteiger partial charge in [0, 0.05) is 30.0 Å². The van der Waals surface area contributed by atoms with Crippen molar-refractivity contribution in [1.82, 2.24) is 10.2 Å². The molecule has 7 nitrogen and oxygen atoms in total. The van der Waals surface area contributed by atoms with Gasteiger partial charge in [0.15, 0.2) is 0 Å². The SMILES string of the molecule is COc1ccc(C2=CCOCC2)cc1CN[C@H]1[C@H](C(C)(C)C)[C@@H](C(=O)O)N(C(=O)C2CCCCC2)[C@H]1c1ccccc1. The van der Waals surface area contributed by atoms with Crippen molar-refractivity contribution in [3.63, 3.8) is 0 Å². The monoisotopic (exact) mass is 574 g/mol. The van der Waals surface area contributed by atoms with Crippen LogP contribution in [0.25, 0.3) is 5.57 Å². The van der Waals surface area contributed by atoms with Crippen molar-refractivity contribution < 1.29 is 24.2 Å². The molecule has 2 fully saturated rings. The third kappa shape index (κ3) is 6.28. The molecule has 2 N–H and O–H groups in total. The predicted octanol–water partition coefficient (Wildman–Crippen LogP) is 6.24. The summed E-state index contributed by atoms with van der Waals surface area (Å²) in [4.78, 5) is 29.2. The molecule has 4 atom stereocenters. The number of amides is 1. The van der Waals surface area contributed by atoms with E-state index in [1.807, 2.05) is 36.4 Å². The number of hydrogen-bond donors (Lipinski definition) is 2. The zero-order chi connectivity index (χ0) is 29.9. The molecular formula is C35H46N2O5. The number of aliphatic carboxylic acids is 1. The molecule has 1 saturated carbocycles. The Bertz CT molecular complexity index is 1280. The van der Waals surface area contributed by atoms with Gasteiger partial charge in [-0.25, -0.2) is 4.79 Å². The summed E-state index contributed by atoms with van der Waals surface area (Å²) in [7, 11) is 1.68. The maximum Gasteiger partial charge on any atom is 0.326 e. The van der Waals surface area contributed by atoms with Crippen LogP contribution in [0, 0.1) is 17.3 Å². The van der Waals surface area contributed by atoms with Crippen molar-refractivity contribution in [2.24, 2.45) is 17.3 Å². The van der Waals surface area contributed by atoms with Crippen molar-refractivity contribution in [2.75, 3.05) is 20.3 Å². The summed E-state index contributed by atoms with van der Waals surface area (Å²) >= 11 is 0. The smallest absolute Gasteiger partial charge is 0.326 e. The minimum Gasteiger partial charge on any atom is -0.496 e. The molecule has 42 heavy (non-hydrogen) atoms. The number of carboxylic acid groups (broad SMARTS) is 1. The van der Waals surface area contributed by atoms with Crippen molar-refractivity contribution in [3.8, 4) is 5.75 Å². The Morgan fingerprint density at radius 3 is 2.43 bits per heavy atom. The van der Waals surface area contributed by atoms with Gasteiger partial charge in [0.1, 0.15) is 11.8 Å². The lowest BCUT2D eigenvalue weighted by atomic mass is 9.72. The first-order valence-electron chi connectivity index (χ1n) is 15.5. The highest BCUT2D eigenvalue weighted by Gasteiger charge is 2.58. The number of rotatable bonds is 8. The summed E-state index contributed by atoms with van der Waals surface area (Å²) in [5, 5.41) is 14.5. The van der Waals surface area contributed by atoms with Crippen molar-refractivity contribution >= 4 is 17.4 Å². The molecule has 1 aliphatic carbocycles. The number of hydrogen-bond acceptors (Lipinski definition) is 5. The van der Waals surface area contributed by atoms with E-state index in [0.29, 0.717) is 19.8 Å². The molecule has 0 spiro atoms. The van der Waals surface area contributed by atoms with E-state index in [9.17, 15) is 14.7 Å². The molecule has 3 aliphatic rings. The number of carbonyl (C=O) groups is 2. The van der Waals surface area contributed by atoms with Crippen LogP contribution < -0.4 is 10.1 Å². The first-order valence-corrected chi connectivity index (χ1v) is 15.5. The molecule has 0 unspecified atom stereocenters. The Hall–Kier alpha value is -3.16. The lowest BCUT2D eigenvalue weighted by molar-refractivity contribution is -0.154. The molecule has 5 rings (SSSR count).